The normalized spacial score (nSPS) is 10.3. The Labute approximate surface area is 104 Å². The van der Waals surface area contributed by atoms with Crippen molar-refractivity contribution < 1.29 is 0 Å². The van der Waals surface area contributed by atoms with E-state index in [1.807, 2.05) is 50.2 Å². The molecule has 1 aromatic carbocycles. The van der Waals surface area contributed by atoms with Gasteiger partial charge < -0.3 is 5.73 Å². The highest BCUT2D eigenvalue weighted by molar-refractivity contribution is 5.16. The summed E-state index contributed by atoms with van der Waals surface area (Å²) in [6.07, 6.45) is 4.44. The lowest BCUT2D eigenvalue weighted by atomic mass is 9.96. The highest BCUT2D eigenvalue weighted by Crippen LogP contribution is 2.08. The van der Waals surface area contributed by atoms with E-state index in [0.717, 1.165) is 6.42 Å². The molecule has 0 amide bonds. The van der Waals surface area contributed by atoms with Crippen molar-refractivity contribution in [3.05, 3.63) is 66.5 Å². The zero-order valence-corrected chi connectivity index (χ0v) is 10.5. The van der Waals surface area contributed by atoms with E-state index < -0.39 is 0 Å². The maximum atomic E-state index is 5.87. The molecule has 2 nitrogen and oxygen atoms in total. The van der Waals surface area contributed by atoms with Crippen LogP contribution in [0.5, 0.6) is 0 Å². The van der Waals surface area contributed by atoms with Gasteiger partial charge in [-0.15, -0.1) is 0 Å². The predicted molar refractivity (Wildman–Crippen MR) is 72.6 cm³/mol. The Kier molecular flexibility index (Phi) is 5.37. The first kappa shape index (κ1) is 13.4. The monoisotopic (exact) mass is 228 g/mol. The van der Waals surface area contributed by atoms with Gasteiger partial charge in [-0.25, -0.2) is 0 Å². The second-order valence-electron chi connectivity index (χ2n) is 4.68. The third-order valence-corrected chi connectivity index (χ3v) is 2.07. The lowest BCUT2D eigenvalue weighted by Crippen LogP contribution is -2.34. The van der Waals surface area contributed by atoms with Crippen LogP contribution in [-0.2, 0) is 6.42 Å². The summed E-state index contributed by atoms with van der Waals surface area (Å²) in [6, 6.07) is 16.0. The topological polar surface area (TPSA) is 38.9 Å². The van der Waals surface area contributed by atoms with Gasteiger partial charge >= 0.3 is 0 Å². The van der Waals surface area contributed by atoms with E-state index in [4.69, 9.17) is 5.73 Å². The molecule has 0 radical (unpaired) electrons. The van der Waals surface area contributed by atoms with Crippen LogP contribution in [0.3, 0.4) is 0 Å². The van der Waals surface area contributed by atoms with Gasteiger partial charge in [-0.2, -0.15) is 0 Å². The van der Waals surface area contributed by atoms with Crippen molar-refractivity contribution in [2.75, 3.05) is 0 Å². The van der Waals surface area contributed by atoms with Crippen molar-refractivity contribution in [2.24, 2.45) is 5.73 Å². The van der Waals surface area contributed by atoms with E-state index >= 15 is 0 Å². The lowest BCUT2D eigenvalue weighted by Gasteiger charge is -2.17. The van der Waals surface area contributed by atoms with Crippen LogP contribution in [0.25, 0.3) is 0 Å². The van der Waals surface area contributed by atoms with E-state index in [0.29, 0.717) is 0 Å². The van der Waals surface area contributed by atoms with Crippen LogP contribution in [0.1, 0.15) is 19.4 Å². The molecule has 0 saturated heterocycles. The smallest absolute Gasteiger partial charge is 0.0267 e. The number of benzene rings is 1. The Morgan fingerprint density at radius 3 is 1.82 bits per heavy atom. The molecule has 1 heterocycles. The summed E-state index contributed by atoms with van der Waals surface area (Å²) in [5, 5.41) is 0. The van der Waals surface area contributed by atoms with E-state index in [2.05, 4.69) is 17.1 Å². The molecule has 0 aliphatic heterocycles. The molecule has 17 heavy (non-hydrogen) atoms. The summed E-state index contributed by atoms with van der Waals surface area (Å²) >= 11 is 0. The fourth-order valence-electron chi connectivity index (χ4n) is 1.43. The third-order valence-electron chi connectivity index (χ3n) is 2.07. The average molecular weight is 228 g/mol. The minimum atomic E-state index is -0.0959. The second-order valence-corrected chi connectivity index (χ2v) is 4.68. The molecule has 0 bridgehead atoms. The molecular formula is C15H20N2. The summed E-state index contributed by atoms with van der Waals surface area (Å²) in [6.45, 7) is 4.08. The van der Waals surface area contributed by atoms with Crippen LogP contribution in [0.2, 0.25) is 0 Å². The number of hydrogen-bond donors (Lipinski definition) is 1. The Morgan fingerprint density at radius 2 is 1.47 bits per heavy atom. The molecule has 0 saturated carbocycles. The number of pyridine rings is 1. The van der Waals surface area contributed by atoms with Crippen LogP contribution in [0, 0.1) is 0 Å². The summed E-state index contributed by atoms with van der Waals surface area (Å²) < 4.78 is 0. The van der Waals surface area contributed by atoms with Gasteiger partial charge in [-0.05, 0) is 38.0 Å². The first-order valence-corrected chi connectivity index (χ1v) is 5.76. The van der Waals surface area contributed by atoms with Gasteiger partial charge in [0.1, 0.15) is 0 Å². The molecule has 1 aromatic heterocycles. The van der Waals surface area contributed by atoms with Crippen molar-refractivity contribution >= 4 is 0 Å². The molecule has 0 aliphatic carbocycles. The first-order chi connectivity index (χ1) is 8.08. The van der Waals surface area contributed by atoms with Gasteiger partial charge in [-0.3, -0.25) is 4.98 Å². The zero-order chi connectivity index (χ0) is 12.6. The molecule has 2 heteroatoms. The number of aromatic nitrogens is 1. The maximum absolute atomic E-state index is 5.87. The molecule has 2 aromatic rings. The summed E-state index contributed by atoms with van der Waals surface area (Å²) in [5.74, 6) is 0. The number of rotatable bonds is 2. The first-order valence-electron chi connectivity index (χ1n) is 5.76. The Hall–Kier alpha value is -1.67. The lowest BCUT2D eigenvalue weighted by molar-refractivity contribution is 0.517. The van der Waals surface area contributed by atoms with Crippen LogP contribution in [0.15, 0.2) is 60.9 Å². The molecule has 0 atom stereocenters. The van der Waals surface area contributed by atoms with Crippen LogP contribution < -0.4 is 5.73 Å². The van der Waals surface area contributed by atoms with Crippen molar-refractivity contribution in [1.82, 2.24) is 4.98 Å². The molecule has 90 valence electrons. The van der Waals surface area contributed by atoms with Gasteiger partial charge in [0.2, 0.25) is 0 Å². The SMILES string of the molecule is CC(C)(N)Cc1ccccc1.c1ccncc1. The Morgan fingerprint density at radius 1 is 0.941 bits per heavy atom. The zero-order valence-electron chi connectivity index (χ0n) is 10.5. The second kappa shape index (κ2) is 6.81. The summed E-state index contributed by atoms with van der Waals surface area (Å²) in [5.41, 5.74) is 7.08. The molecule has 0 fully saturated rings. The van der Waals surface area contributed by atoms with Crippen molar-refractivity contribution in [2.45, 2.75) is 25.8 Å². The third kappa shape index (κ3) is 7.25. The maximum Gasteiger partial charge on any atom is 0.0267 e. The van der Waals surface area contributed by atoms with Crippen molar-refractivity contribution in [3.8, 4) is 0 Å². The van der Waals surface area contributed by atoms with E-state index in [1.54, 1.807) is 12.4 Å². The molecular weight excluding hydrogens is 208 g/mol. The van der Waals surface area contributed by atoms with Crippen molar-refractivity contribution in [3.63, 3.8) is 0 Å². The van der Waals surface area contributed by atoms with Gasteiger partial charge in [0, 0.05) is 17.9 Å². The van der Waals surface area contributed by atoms with E-state index in [9.17, 15) is 0 Å². The van der Waals surface area contributed by atoms with Crippen molar-refractivity contribution in [1.29, 1.82) is 0 Å². The van der Waals surface area contributed by atoms with E-state index in [1.165, 1.54) is 5.56 Å². The van der Waals surface area contributed by atoms with Crippen LogP contribution in [-0.4, -0.2) is 10.5 Å². The fraction of sp³-hybridized carbons (Fsp3) is 0.267. The number of nitrogens with zero attached hydrogens (tertiary/aromatic N) is 1. The summed E-state index contributed by atoms with van der Waals surface area (Å²) in [4.78, 5) is 3.78. The van der Waals surface area contributed by atoms with Gasteiger partial charge in [0.25, 0.3) is 0 Å². The minimum absolute atomic E-state index is 0.0959. The van der Waals surface area contributed by atoms with Crippen LogP contribution in [0.4, 0.5) is 0 Å². The molecule has 0 aliphatic rings. The average Bonchev–Trinajstić information content (AvgIpc) is 2.31. The molecule has 0 unspecified atom stereocenters. The molecule has 2 N–H and O–H groups in total. The molecule has 0 spiro atoms. The highest BCUT2D eigenvalue weighted by atomic mass is 14.7. The van der Waals surface area contributed by atoms with Gasteiger partial charge in [0.05, 0.1) is 0 Å². The fourth-order valence-corrected chi connectivity index (χ4v) is 1.43. The summed E-state index contributed by atoms with van der Waals surface area (Å²) in [7, 11) is 0. The largest absolute Gasteiger partial charge is 0.325 e. The molecule has 2 rings (SSSR count). The Bertz CT molecular complexity index is 364. The predicted octanol–water partition coefficient (Wildman–Crippen LogP) is 3.05. The number of nitrogens with two attached hydrogens (primary N) is 1. The quantitative estimate of drug-likeness (QED) is 0.858. The van der Waals surface area contributed by atoms with Gasteiger partial charge in [-0.1, -0.05) is 36.4 Å². The van der Waals surface area contributed by atoms with Gasteiger partial charge in [0.15, 0.2) is 0 Å². The number of hydrogen-bond acceptors (Lipinski definition) is 2. The highest BCUT2D eigenvalue weighted by Gasteiger charge is 2.10. The minimum Gasteiger partial charge on any atom is -0.325 e. The standard InChI is InChI=1S/C10H15N.C5H5N/c1-10(2,11)8-9-6-4-3-5-7-9;1-2-4-6-5-3-1/h3-7H,8,11H2,1-2H3;1-5H. The Balaban J connectivity index is 0.000000202. The van der Waals surface area contributed by atoms with Crippen LogP contribution >= 0.6 is 0 Å². The van der Waals surface area contributed by atoms with E-state index in [-0.39, 0.29) is 5.54 Å².